The highest BCUT2D eigenvalue weighted by Crippen LogP contribution is 2.30. The van der Waals surface area contributed by atoms with Crippen molar-refractivity contribution in [2.24, 2.45) is 0 Å². The second-order valence-electron chi connectivity index (χ2n) is 7.03. The van der Waals surface area contributed by atoms with Crippen molar-refractivity contribution < 1.29 is 9.59 Å². The van der Waals surface area contributed by atoms with Crippen LogP contribution in [-0.2, 0) is 9.59 Å². The van der Waals surface area contributed by atoms with E-state index in [0.29, 0.717) is 5.69 Å². The first-order valence-corrected chi connectivity index (χ1v) is 8.56. The lowest BCUT2D eigenvalue weighted by molar-refractivity contribution is -0.121. The molecule has 1 saturated heterocycles. The van der Waals surface area contributed by atoms with Crippen LogP contribution in [0.5, 0.6) is 0 Å². The molecule has 1 aliphatic heterocycles. The zero-order chi connectivity index (χ0) is 18.3. The van der Waals surface area contributed by atoms with Gasteiger partial charge in [-0.05, 0) is 57.4 Å². The quantitative estimate of drug-likeness (QED) is 0.863. The molecule has 1 atom stereocenters. The molecule has 1 fully saturated rings. The highest BCUT2D eigenvalue weighted by molar-refractivity contribution is 6.23. The lowest BCUT2D eigenvalue weighted by Crippen LogP contribution is -2.35. The van der Waals surface area contributed by atoms with Gasteiger partial charge in [0.2, 0.25) is 5.91 Å². The average Bonchev–Trinajstić information content (AvgIpc) is 2.78. The molecule has 1 heterocycles. The number of carbonyl (C=O) groups excluding carboxylic acids is 2. The zero-order valence-electron chi connectivity index (χ0n) is 15.4. The van der Waals surface area contributed by atoms with Crippen LogP contribution in [0.3, 0.4) is 0 Å². The summed E-state index contributed by atoms with van der Waals surface area (Å²) in [6, 6.07) is 9.42. The van der Waals surface area contributed by atoms with Crippen LogP contribution in [0.25, 0.3) is 0 Å². The van der Waals surface area contributed by atoms with Crippen LogP contribution in [-0.4, -0.2) is 17.9 Å². The van der Waals surface area contributed by atoms with E-state index in [1.54, 1.807) is 0 Å². The van der Waals surface area contributed by atoms with Crippen LogP contribution in [0.1, 0.15) is 34.2 Å². The molecule has 0 spiro atoms. The number of benzene rings is 2. The number of anilines is 2. The molecule has 2 aromatic rings. The smallest absolute Gasteiger partial charge is 0.256 e. The molecule has 0 bridgehead atoms. The molecule has 4 heteroatoms. The largest absolute Gasteiger partial charge is 0.373 e. The van der Waals surface area contributed by atoms with E-state index in [1.807, 2.05) is 45.9 Å². The van der Waals surface area contributed by atoms with Gasteiger partial charge in [-0.15, -0.1) is 0 Å². The number of aryl methyl sites for hydroxylation is 5. The zero-order valence-corrected chi connectivity index (χ0v) is 15.4. The minimum atomic E-state index is -0.520. The molecule has 25 heavy (non-hydrogen) atoms. The number of hydrogen-bond acceptors (Lipinski definition) is 3. The second kappa shape index (κ2) is 6.36. The van der Waals surface area contributed by atoms with E-state index in [0.717, 1.165) is 27.9 Å². The maximum Gasteiger partial charge on any atom is 0.256 e. The van der Waals surface area contributed by atoms with Gasteiger partial charge in [-0.1, -0.05) is 35.4 Å². The maximum absolute atomic E-state index is 12.9. The molecule has 2 aromatic carbocycles. The third-order valence-corrected chi connectivity index (χ3v) is 4.74. The summed E-state index contributed by atoms with van der Waals surface area (Å²) in [6.07, 6.45) is 0.179. The predicted molar refractivity (Wildman–Crippen MR) is 101 cm³/mol. The van der Waals surface area contributed by atoms with E-state index in [9.17, 15) is 9.59 Å². The number of amides is 2. The molecule has 3 rings (SSSR count). The van der Waals surface area contributed by atoms with E-state index >= 15 is 0 Å². The molecule has 0 saturated carbocycles. The van der Waals surface area contributed by atoms with Gasteiger partial charge in [0.05, 0.1) is 12.1 Å². The Labute approximate surface area is 148 Å². The SMILES string of the molecule is Cc1ccc(N2C(=O)C[C@@H](Nc3c(C)cc(C)cc3C)C2=O)c(C)c1. The van der Waals surface area contributed by atoms with Crippen molar-refractivity contribution in [3.63, 3.8) is 0 Å². The fraction of sp³-hybridized carbons (Fsp3) is 0.333. The van der Waals surface area contributed by atoms with Gasteiger partial charge < -0.3 is 5.32 Å². The highest BCUT2D eigenvalue weighted by Gasteiger charge is 2.40. The normalized spacial score (nSPS) is 17.3. The summed E-state index contributed by atoms with van der Waals surface area (Å²) < 4.78 is 0. The fourth-order valence-corrected chi connectivity index (χ4v) is 3.64. The first-order chi connectivity index (χ1) is 11.8. The Morgan fingerprint density at radius 1 is 0.880 bits per heavy atom. The Kier molecular flexibility index (Phi) is 4.38. The molecular formula is C21H24N2O2. The molecule has 2 amide bonds. The lowest BCUT2D eigenvalue weighted by Gasteiger charge is -2.20. The number of hydrogen-bond donors (Lipinski definition) is 1. The molecule has 1 aliphatic rings. The number of nitrogens with one attached hydrogen (secondary N) is 1. The van der Waals surface area contributed by atoms with Crippen LogP contribution in [0.4, 0.5) is 11.4 Å². The van der Waals surface area contributed by atoms with Gasteiger partial charge in [0.15, 0.2) is 0 Å². The summed E-state index contributed by atoms with van der Waals surface area (Å²) >= 11 is 0. The van der Waals surface area contributed by atoms with Gasteiger partial charge in [-0.2, -0.15) is 0 Å². The van der Waals surface area contributed by atoms with Crippen molar-refractivity contribution in [2.75, 3.05) is 10.2 Å². The minimum absolute atomic E-state index is 0.156. The number of carbonyl (C=O) groups is 2. The summed E-state index contributed by atoms with van der Waals surface area (Å²) in [7, 11) is 0. The van der Waals surface area contributed by atoms with E-state index < -0.39 is 6.04 Å². The van der Waals surface area contributed by atoms with Gasteiger partial charge in [0.25, 0.3) is 5.91 Å². The van der Waals surface area contributed by atoms with Gasteiger partial charge in [0.1, 0.15) is 6.04 Å². The van der Waals surface area contributed by atoms with E-state index in [4.69, 9.17) is 0 Å². The molecule has 0 aliphatic carbocycles. The summed E-state index contributed by atoms with van der Waals surface area (Å²) in [5.74, 6) is -0.340. The van der Waals surface area contributed by atoms with E-state index in [1.165, 1.54) is 10.5 Å². The lowest BCUT2D eigenvalue weighted by atomic mass is 10.0. The van der Waals surface area contributed by atoms with E-state index in [2.05, 4.69) is 24.4 Å². The number of rotatable bonds is 3. The first kappa shape index (κ1) is 17.2. The van der Waals surface area contributed by atoms with Crippen LogP contribution in [0.2, 0.25) is 0 Å². The fourth-order valence-electron chi connectivity index (χ4n) is 3.64. The van der Waals surface area contributed by atoms with Crippen molar-refractivity contribution in [3.8, 4) is 0 Å². The Morgan fingerprint density at radius 3 is 2.08 bits per heavy atom. The maximum atomic E-state index is 12.9. The molecule has 0 unspecified atom stereocenters. The monoisotopic (exact) mass is 336 g/mol. The van der Waals surface area contributed by atoms with Crippen molar-refractivity contribution in [1.29, 1.82) is 0 Å². The summed E-state index contributed by atoms with van der Waals surface area (Å²) in [5.41, 5.74) is 7.03. The Bertz CT molecular complexity index is 847. The van der Waals surface area contributed by atoms with Crippen molar-refractivity contribution in [1.82, 2.24) is 0 Å². The molecule has 0 aromatic heterocycles. The van der Waals surface area contributed by atoms with Crippen molar-refractivity contribution >= 4 is 23.2 Å². The second-order valence-corrected chi connectivity index (χ2v) is 7.03. The summed E-state index contributed by atoms with van der Waals surface area (Å²) in [4.78, 5) is 26.7. The van der Waals surface area contributed by atoms with Gasteiger partial charge in [0, 0.05) is 5.69 Å². The first-order valence-electron chi connectivity index (χ1n) is 8.56. The molecular weight excluding hydrogens is 312 g/mol. The third kappa shape index (κ3) is 3.16. The van der Waals surface area contributed by atoms with Gasteiger partial charge in [-0.25, -0.2) is 4.90 Å². The summed E-state index contributed by atoms with van der Waals surface area (Å²) in [5, 5.41) is 3.30. The molecule has 0 radical (unpaired) electrons. The predicted octanol–water partition coefficient (Wildman–Crippen LogP) is 3.97. The Balaban J connectivity index is 1.89. The Morgan fingerprint density at radius 2 is 1.48 bits per heavy atom. The van der Waals surface area contributed by atoms with E-state index in [-0.39, 0.29) is 18.2 Å². The summed E-state index contributed by atoms with van der Waals surface area (Å²) in [6.45, 7) is 10.0. The molecule has 130 valence electrons. The third-order valence-electron chi connectivity index (χ3n) is 4.74. The van der Waals surface area contributed by atoms with Gasteiger partial charge >= 0.3 is 0 Å². The van der Waals surface area contributed by atoms with Crippen LogP contribution in [0.15, 0.2) is 30.3 Å². The molecule has 4 nitrogen and oxygen atoms in total. The Hall–Kier alpha value is -2.62. The molecule has 1 N–H and O–H groups in total. The minimum Gasteiger partial charge on any atom is -0.373 e. The standard InChI is InChI=1S/C21H24N2O2/c1-12-6-7-18(14(3)8-12)23-19(24)11-17(21(23)25)22-20-15(4)9-13(2)10-16(20)5/h6-10,17,22H,11H2,1-5H3/t17-/m1/s1. The van der Waals surface area contributed by atoms with Crippen LogP contribution < -0.4 is 10.2 Å². The average molecular weight is 336 g/mol. The van der Waals surface area contributed by atoms with Gasteiger partial charge in [-0.3, -0.25) is 9.59 Å². The van der Waals surface area contributed by atoms with Crippen molar-refractivity contribution in [2.45, 2.75) is 47.1 Å². The van der Waals surface area contributed by atoms with Crippen LogP contribution in [0, 0.1) is 34.6 Å². The van der Waals surface area contributed by atoms with Crippen LogP contribution >= 0.6 is 0 Å². The number of nitrogens with zero attached hydrogens (tertiary/aromatic N) is 1. The topological polar surface area (TPSA) is 49.4 Å². The van der Waals surface area contributed by atoms with Crippen molar-refractivity contribution in [3.05, 3.63) is 58.1 Å². The highest BCUT2D eigenvalue weighted by atomic mass is 16.2. The number of imide groups is 1.